The Hall–Kier alpha value is -4.20. The average molecular weight is 511 g/mol. The number of amides is 1. The summed E-state index contributed by atoms with van der Waals surface area (Å²) in [5.74, 6) is 0.163. The Bertz CT molecular complexity index is 1550. The molecule has 38 heavy (non-hydrogen) atoms. The highest BCUT2D eigenvalue weighted by Gasteiger charge is 2.51. The topological polar surface area (TPSA) is 23.6 Å². The molecule has 0 aliphatic carbocycles. The van der Waals surface area contributed by atoms with Crippen LogP contribution in [-0.4, -0.2) is 11.9 Å². The average Bonchev–Trinajstić information content (AvgIpc) is 3.50. The lowest BCUT2D eigenvalue weighted by Gasteiger charge is -2.34. The van der Waals surface area contributed by atoms with Crippen molar-refractivity contribution in [2.45, 2.75) is 18.6 Å². The van der Waals surface area contributed by atoms with Gasteiger partial charge in [-0.05, 0) is 47.6 Å². The largest absolute Gasteiger partial charge is 0.334 e. The molecule has 2 heterocycles. The second kappa shape index (κ2) is 9.59. The van der Waals surface area contributed by atoms with Gasteiger partial charge in [0.1, 0.15) is 12.2 Å². The van der Waals surface area contributed by atoms with E-state index >= 15 is 0 Å². The molecule has 1 fully saturated rings. The highest BCUT2D eigenvalue weighted by Crippen LogP contribution is 2.48. The third-order valence-electron chi connectivity index (χ3n) is 7.57. The molecule has 4 heteroatoms. The van der Waals surface area contributed by atoms with E-state index in [4.69, 9.17) is 0 Å². The Balaban J connectivity index is 1.46. The predicted octanol–water partition coefficient (Wildman–Crippen LogP) is 5.92. The molecule has 2 aliphatic rings. The van der Waals surface area contributed by atoms with Gasteiger partial charge in [0.15, 0.2) is 0 Å². The van der Waals surface area contributed by atoms with Crippen LogP contribution in [0, 0.1) is 0 Å². The number of rotatable bonds is 5. The maximum absolute atomic E-state index is 14.2. The molecule has 2 aliphatic heterocycles. The van der Waals surface area contributed by atoms with Crippen LogP contribution in [0.25, 0.3) is 0 Å². The third kappa shape index (κ3) is 3.74. The normalized spacial score (nSPS) is 18.1. The summed E-state index contributed by atoms with van der Waals surface area (Å²) in [5, 5.41) is 3.88. The van der Waals surface area contributed by atoms with E-state index in [0.29, 0.717) is 0 Å². The van der Waals surface area contributed by atoms with Crippen molar-refractivity contribution in [3.63, 3.8) is 0 Å². The first-order valence-electron chi connectivity index (χ1n) is 13.0. The lowest BCUT2D eigenvalue weighted by molar-refractivity contribution is -0.118. The van der Waals surface area contributed by atoms with E-state index in [9.17, 15) is 4.79 Å². The number of benzene rings is 5. The second-order valence-corrected chi connectivity index (χ2v) is 11.9. The second-order valence-electron chi connectivity index (χ2n) is 9.74. The van der Waals surface area contributed by atoms with Gasteiger partial charge in [-0.1, -0.05) is 121 Å². The number of hydrogen-bond acceptors (Lipinski definition) is 2. The first-order valence-corrected chi connectivity index (χ1v) is 14.4. The van der Waals surface area contributed by atoms with Gasteiger partial charge in [0.05, 0.1) is 0 Å². The van der Waals surface area contributed by atoms with Crippen LogP contribution in [-0.2, 0) is 11.2 Å². The van der Waals surface area contributed by atoms with Crippen LogP contribution in [0.3, 0.4) is 0 Å². The Kier molecular flexibility index (Phi) is 5.80. The summed E-state index contributed by atoms with van der Waals surface area (Å²) in [6.45, 7) is 0. The number of fused-ring (bicyclic) bond motifs is 3. The van der Waals surface area contributed by atoms with Crippen LogP contribution < -0.4 is 25.7 Å². The maximum Gasteiger partial charge on any atom is 0.252 e. The van der Waals surface area contributed by atoms with Crippen LogP contribution in [0.5, 0.6) is 0 Å². The van der Waals surface area contributed by atoms with Crippen molar-refractivity contribution in [1.29, 1.82) is 0 Å². The van der Waals surface area contributed by atoms with Crippen molar-refractivity contribution in [1.82, 2.24) is 0 Å². The van der Waals surface area contributed by atoms with E-state index in [0.717, 1.165) is 17.8 Å². The van der Waals surface area contributed by atoms with Gasteiger partial charge >= 0.3 is 0 Å². The lowest BCUT2D eigenvalue weighted by atomic mass is 10.1. The van der Waals surface area contributed by atoms with Crippen molar-refractivity contribution < 1.29 is 4.79 Å². The molecule has 0 saturated carbocycles. The number of carbonyl (C=O) groups is 1. The van der Waals surface area contributed by atoms with Gasteiger partial charge in [-0.25, -0.2) is 0 Å². The van der Waals surface area contributed by atoms with E-state index in [1.54, 1.807) is 0 Å². The van der Waals surface area contributed by atoms with Crippen LogP contribution in [0.4, 0.5) is 11.4 Å². The molecule has 5 aromatic rings. The third-order valence-corrected chi connectivity index (χ3v) is 10.1. The minimum Gasteiger partial charge on any atom is -0.334 e. The molecule has 0 bridgehead atoms. The number of hydrogen-bond donors (Lipinski definition) is 0. The Morgan fingerprint density at radius 3 is 1.84 bits per heavy atom. The zero-order valence-electron chi connectivity index (χ0n) is 20.9. The molecule has 0 spiro atoms. The molecule has 7 rings (SSSR count). The van der Waals surface area contributed by atoms with Crippen LogP contribution >= 0.6 is 7.92 Å². The van der Waals surface area contributed by atoms with Gasteiger partial charge in [0, 0.05) is 23.4 Å². The standard InChI is InChI=1S/C34H27N2OP/c37-34-31-24-25-14-10-12-22-30(25)36(31)33(35(34)26-15-4-1-5-16-26)29-21-11-13-23-32(29)38(27-17-6-2-7-18-27)28-19-8-3-9-20-28/h1-23,31,33H,24H2/t31-,33+/m0/s1. The summed E-state index contributed by atoms with van der Waals surface area (Å²) < 4.78 is 0. The molecule has 1 amide bonds. The number of carbonyl (C=O) groups excluding carboxylic acids is 1. The lowest BCUT2D eigenvalue weighted by Crippen LogP contribution is -2.36. The molecule has 0 unspecified atom stereocenters. The Morgan fingerprint density at radius 2 is 1.16 bits per heavy atom. The Morgan fingerprint density at radius 1 is 0.605 bits per heavy atom. The first-order chi connectivity index (χ1) is 18.8. The molecule has 0 aromatic heterocycles. The van der Waals surface area contributed by atoms with Crippen LogP contribution in [0.15, 0.2) is 140 Å². The Labute approximate surface area is 224 Å². The minimum absolute atomic E-state index is 0.163. The van der Waals surface area contributed by atoms with Crippen molar-refractivity contribution in [3.8, 4) is 0 Å². The van der Waals surface area contributed by atoms with Gasteiger partial charge in [0.2, 0.25) is 0 Å². The van der Waals surface area contributed by atoms with Crippen molar-refractivity contribution in [2.75, 3.05) is 9.80 Å². The predicted molar refractivity (Wildman–Crippen MR) is 158 cm³/mol. The molecule has 2 atom stereocenters. The van der Waals surface area contributed by atoms with Crippen molar-refractivity contribution in [2.24, 2.45) is 0 Å². The van der Waals surface area contributed by atoms with Gasteiger partial charge in [-0.2, -0.15) is 0 Å². The van der Waals surface area contributed by atoms with E-state index in [-0.39, 0.29) is 18.1 Å². The number of nitrogens with zero attached hydrogens (tertiary/aromatic N) is 2. The smallest absolute Gasteiger partial charge is 0.252 e. The summed E-state index contributed by atoms with van der Waals surface area (Å²) in [6, 6.07) is 48.8. The van der Waals surface area contributed by atoms with Crippen LogP contribution in [0.2, 0.25) is 0 Å². The summed E-state index contributed by atoms with van der Waals surface area (Å²) in [4.78, 5) is 18.5. The zero-order valence-corrected chi connectivity index (χ0v) is 21.8. The molecule has 3 nitrogen and oxygen atoms in total. The monoisotopic (exact) mass is 510 g/mol. The molecular formula is C34H27N2OP. The quantitative estimate of drug-likeness (QED) is 0.274. The van der Waals surface area contributed by atoms with Gasteiger partial charge < -0.3 is 4.90 Å². The summed E-state index contributed by atoms with van der Waals surface area (Å²) in [5.41, 5.74) is 4.53. The summed E-state index contributed by atoms with van der Waals surface area (Å²) in [6.07, 6.45) is 0.510. The molecule has 5 aromatic carbocycles. The molecule has 0 N–H and O–H groups in total. The maximum atomic E-state index is 14.2. The minimum atomic E-state index is -0.835. The van der Waals surface area contributed by atoms with Crippen molar-refractivity contribution >= 4 is 41.1 Å². The summed E-state index contributed by atoms with van der Waals surface area (Å²) >= 11 is 0. The zero-order chi connectivity index (χ0) is 25.5. The van der Waals surface area contributed by atoms with Gasteiger partial charge in [0.25, 0.3) is 5.91 Å². The number of anilines is 2. The first kappa shape index (κ1) is 23.0. The van der Waals surface area contributed by atoms with E-state index < -0.39 is 7.92 Å². The van der Waals surface area contributed by atoms with E-state index in [2.05, 4.69) is 126 Å². The van der Waals surface area contributed by atoms with Crippen LogP contribution in [0.1, 0.15) is 17.3 Å². The van der Waals surface area contributed by atoms with Crippen molar-refractivity contribution in [3.05, 3.63) is 151 Å². The fourth-order valence-electron chi connectivity index (χ4n) is 5.96. The molecule has 184 valence electrons. The molecule has 1 saturated heterocycles. The van der Waals surface area contributed by atoms with E-state index in [1.807, 2.05) is 23.1 Å². The highest BCUT2D eigenvalue weighted by molar-refractivity contribution is 7.79. The number of para-hydroxylation sites is 2. The fraction of sp³-hybridized carbons (Fsp3) is 0.0882. The SMILES string of the molecule is O=C1[C@@H]2Cc3ccccc3N2[C@H](c2ccccc2P(c2ccccc2)c2ccccc2)N1c1ccccc1. The molecular weight excluding hydrogens is 483 g/mol. The summed E-state index contributed by atoms with van der Waals surface area (Å²) in [7, 11) is -0.835. The fourth-order valence-corrected chi connectivity index (χ4v) is 8.44. The van der Waals surface area contributed by atoms with E-state index in [1.165, 1.54) is 27.0 Å². The molecule has 0 radical (unpaired) electrons. The van der Waals surface area contributed by atoms with Gasteiger partial charge in [-0.15, -0.1) is 0 Å². The highest BCUT2D eigenvalue weighted by atomic mass is 31.1. The van der Waals surface area contributed by atoms with Gasteiger partial charge in [-0.3, -0.25) is 9.69 Å².